The van der Waals surface area contributed by atoms with Crippen LogP contribution in [0, 0.1) is 11.2 Å². The number of carbonyl (C=O) groups is 1. The lowest BCUT2D eigenvalue weighted by molar-refractivity contribution is 0.0801. The van der Waals surface area contributed by atoms with Crippen LogP contribution in [0.4, 0.5) is 4.39 Å². The van der Waals surface area contributed by atoms with E-state index in [2.05, 4.69) is 12.2 Å². The predicted molar refractivity (Wildman–Crippen MR) is 97.1 cm³/mol. The van der Waals surface area contributed by atoms with E-state index in [1.54, 1.807) is 30.3 Å². The van der Waals surface area contributed by atoms with Gasteiger partial charge in [-0.1, -0.05) is 37.1 Å². The minimum atomic E-state index is -0.474. The summed E-state index contributed by atoms with van der Waals surface area (Å²) in [4.78, 5) is 13.1. The van der Waals surface area contributed by atoms with Crippen molar-refractivity contribution < 1.29 is 13.9 Å². The third-order valence-corrected chi connectivity index (χ3v) is 5.02. The average Bonchev–Trinajstić information content (AvgIpc) is 3.08. The first kappa shape index (κ1) is 17.9. The van der Waals surface area contributed by atoms with E-state index in [9.17, 15) is 9.18 Å². The van der Waals surface area contributed by atoms with Crippen LogP contribution in [0.3, 0.4) is 0 Å². The number of nitrogens with one attached hydrogen (secondary N) is 1. The molecule has 132 valence electrons. The lowest BCUT2D eigenvalue weighted by atomic mass is 9.76. The molecule has 1 aliphatic rings. The molecule has 1 atom stereocenters. The van der Waals surface area contributed by atoms with Gasteiger partial charge in [0.1, 0.15) is 5.75 Å². The normalized spacial score (nSPS) is 19.8. The summed E-state index contributed by atoms with van der Waals surface area (Å²) in [6, 6.07) is 11.1. The van der Waals surface area contributed by atoms with Gasteiger partial charge < -0.3 is 10.1 Å². The fourth-order valence-corrected chi connectivity index (χ4v) is 3.57. The number of hydrogen-bond acceptors (Lipinski definition) is 3. The molecular weight excluding hydrogens is 341 g/mol. The maximum Gasteiger partial charge on any atom is 0.170 e. The maximum atomic E-state index is 13.8. The number of ketones is 1. The molecular formula is C20H21ClFNO2. The first-order chi connectivity index (χ1) is 12.1. The van der Waals surface area contributed by atoms with Crippen molar-refractivity contribution in [2.75, 3.05) is 13.1 Å². The molecule has 0 spiro atoms. The van der Waals surface area contributed by atoms with Crippen molar-refractivity contribution in [2.45, 2.75) is 26.2 Å². The van der Waals surface area contributed by atoms with E-state index in [0.29, 0.717) is 17.1 Å². The molecule has 2 aromatic carbocycles. The highest BCUT2D eigenvalue weighted by molar-refractivity contribution is 6.32. The molecule has 0 bridgehead atoms. The zero-order valence-electron chi connectivity index (χ0n) is 14.1. The van der Waals surface area contributed by atoms with Crippen molar-refractivity contribution in [3.8, 4) is 11.5 Å². The molecule has 1 fully saturated rings. The molecule has 1 saturated heterocycles. The Morgan fingerprint density at radius 3 is 2.76 bits per heavy atom. The highest BCUT2D eigenvalue weighted by Crippen LogP contribution is 2.38. The molecule has 0 saturated carbocycles. The van der Waals surface area contributed by atoms with Crippen LogP contribution in [-0.4, -0.2) is 18.9 Å². The molecule has 0 amide bonds. The molecule has 1 N–H and O–H groups in total. The Balaban J connectivity index is 1.91. The molecule has 25 heavy (non-hydrogen) atoms. The Kier molecular flexibility index (Phi) is 5.40. The highest BCUT2D eigenvalue weighted by Gasteiger charge is 2.40. The van der Waals surface area contributed by atoms with Crippen LogP contribution in [0.15, 0.2) is 42.5 Å². The quantitative estimate of drug-likeness (QED) is 0.715. The van der Waals surface area contributed by atoms with Gasteiger partial charge in [-0.25, -0.2) is 4.39 Å². The lowest BCUT2D eigenvalue weighted by Crippen LogP contribution is -2.33. The predicted octanol–water partition coefficient (Wildman–Crippen LogP) is 5.23. The second kappa shape index (κ2) is 7.54. The number of Topliss-reactive ketones (excluding diaryl/α,β-unsaturated/α-hetero) is 1. The average molecular weight is 362 g/mol. The molecule has 3 nitrogen and oxygen atoms in total. The van der Waals surface area contributed by atoms with Gasteiger partial charge in [0.25, 0.3) is 0 Å². The molecule has 0 aromatic heterocycles. The number of rotatable bonds is 6. The first-order valence-corrected chi connectivity index (χ1v) is 8.91. The zero-order valence-corrected chi connectivity index (χ0v) is 14.9. The van der Waals surface area contributed by atoms with Gasteiger partial charge in [-0.2, -0.15) is 0 Å². The number of benzene rings is 2. The maximum absolute atomic E-state index is 13.8. The molecule has 1 unspecified atom stereocenters. The SMILES string of the molecule is CCCC1(C(=O)c2ccc(Cl)c(Oc3ccccc3F)c2)CCNC1. The van der Waals surface area contributed by atoms with Crippen LogP contribution in [0.2, 0.25) is 5.02 Å². The third-order valence-electron chi connectivity index (χ3n) is 4.70. The van der Waals surface area contributed by atoms with Gasteiger partial charge in [-0.15, -0.1) is 0 Å². The van der Waals surface area contributed by atoms with Gasteiger partial charge in [0.15, 0.2) is 17.3 Å². The summed E-state index contributed by atoms with van der Waals surface area (Å²) in [6.07, 6.45) is 2.61. The van der Waals surface area contributed by atoms with Crippen molar-refractivity contribution in [1.82, 2.24) is 5.32 Å². The van der Waals surface area contributed by atoms with E-state index in [-0.39, 0.29) is 22.7 Å². The highest BCUT2D eigenvalue weighted by atomic mass is 35.5. The van der Waals surface area contributed by atoms with Gasteiger partial charge in [0, 0.05) is 17.5 Å². The molecule has 1 aliphatic heterocycles. The zero-order chi connectivity index (χ0) is 17.9. The Bertz CT molecular complexity index is 772. The van der Waals surface area contributed by atoms with Crippen molar-refractivity contribution >= 4 is 17.4 Å². The largest absolute Gasteiger partial charge is 0.453 e. The summed E-state index contributed by atoms with van der Waals surface area (Å²) in [5.41, 5.74) is 0.172. The summed E-state index contributed by atoms with van der Waals surface area (Å²) >= 11 is 6.19. The molecule has 1 heterocycles. The van der Waals surface area contributed by atoms with Crippen LogP contribution < -0.4 is 10.1 Å². The van der Waals surface area contributed by atoms with Crippen LogP contribution in [0.25, 0.3) is 0 Å². The smallest absolute Gasteiger partial charge is 0.170 e. The van der Waals surface area contributed by atoms with Crippen LogP contribution >= 0.6 is 11.6 Å². The summed E-state index contributed by atoms with van der Waals surface area (Å²) in [5.74, 6) is -0.0119. The summed E-state index contributed by atoms with van der Waals surface area (Å²) in [5, 5.41) is 3.64. The minimum Gasteiger partial charge on any atom is -0.453 e. The van der Waals surface area contributed by atoms with Gasteiger partial charge in [-0.05, 0) is 49.7 Å². The molecule has 5 heteroatoms. The van der Waals surface area contributed by atoms with Crippen LogP contribution in [0.5, 0.6) is 11.5 Å². The van der Waals surface area contributed by atoms with E-state index in [1.165, 1.54) is 12.1 Å². The number of hydrogen-bond donors (Lipinski definition) is 1. The number of halogens is 2. The second-order valence-corrected chi connectivity index (χ2v) is 6.87. The molecule has 2 aromatic rings. The molecule has 3 rings (SSSR count). The fourth-order valence-electron chi connectivity index (χ4n) is 3.42. The van der Waals surface area contributed by atoms with E-state index in [4.69, 9.17) is 16.3 Å². The van der Waals surface area contributed by atoms with Crippen molar-refractivity contribution in [3.63, 3.8) is 0 Å². The van der Waals surface area contributed by atoms with Crippen molar-refractivity contribution in [1.29, 1.82) is 0 Å². The van der Waals surface area contributed by atoms with E-state index >= 15 is 0 Å². The Hall–Kier alpha value is -1.91. The summed E-state index contributed by atoms with van der Waals surface area (Å²) in [7, 11) is 0. The number of carbonyl (C=O) groups excluding carboxylic acids is 1. The van der Waals surface area contributed by atoms with Crippen LogP contribution in [0.1, 0.15) is 36.5 Å². The monoisotopic (exact) mass is 361 g/mol. The second-order valence-electron chi connectivity index (χ2n) is 6.46. The van der Waals surface area contributed by atoms with Gasteiger partial charge in [0.05, 0.1) is 5.02 Å². The Morgan fingerprint density at radius 1 is 1.28 bits per heavy atom. The number of ether oxygens (including phenoxy) is 1. The van der Waals surface area contributed by atoms with Gasteiger partial charge >= 0.3 is 0 Å². The standard InChI is InChI=1S/C20H21ClFNO2/c1-2-9-20(10-11-23-13-20)19(24)14-7-8-15(21)18(12-14)25-17-6-4-3-5-16(17)22/h3-8,12,23H,2,9-11,13H2,1H3. The number of para-hydroxylation sites is 1. The third kappa shape index (κ3) is 3.70. The van der Waals surface area contributed by atoms with Crippen molar-refractivity contribution in [3.05, 3.63) is 58.9 Å². The van der Waals surface area contributed by atoms with E-state index < -0.39 is 5.82 Å². The fraction of sp³-hybridized carbons (Fsp3) is 0.350. The van der Waals surface area contributed by atoms with Crippen LogP contribution in [-0.2, 0) is 0 Å². The van der Waals surface area contributed by atoms with Gasteiger partial charge in [0.2, 0.25) is 0 Å². The Labute approximate surface area is 152 Å². The lowest BCUT2D eigenvalue weighted by Gasteiger charge is -2.26. The summed E-state index contributed by atoms with van der Waals surface area (Å²) in [6.45, 7) is 3.62. The van der Waals surface area contributed by atoms with Gasteiger partial charge in [-0.3, -0.25) is 4.79 Å². The van der Waals surface area contributed by atoms with E-state index in [0.717, 1.165) is 25.8 Å². The summed E-state index contributed by atoms with van der Waals surface area (Å²) < 4.78 is 19.4. The topological polar surface area (TPSA) is 38.3 Å². The van der Waals surface area contributed by atoms with E-state index in [1.807, 2.05) is 0 Å². The molecule has 0 radical (unpaired) electrons. The first-order valence-electron chi connectivity index (χ1n) is 8.53. The molecule has 0 aliphatic carbocycles. The van der Waals surface area contributed by atoms with Crippen molar-refractivity contribution in [2.24, 2.45) is 5.41 Å². The Morgan fingerprint density at radius 2 is 2.08 bits per heavy atom. The minimum absolute atomic E-state index is 0.0832.